The van der Waals surface area contributed by atoms with Crippen molar-refractivity contribution >= 4 is 23.6 Å². The number of carbonyl (C=O) groups excluding carboxylic acids is 1. The number of amides is 1. The molecule has 7 nitrogen and oxygen atoms in total. The first-order valence-corrected chi connectivity index (χ1v) is 9.04. The zero-order valence-electron chi connectivity index (χ0n) is 14.4. The third kappa shape index (κ3) is 3.34. The number of hydrogen-bond acceptors (Lipinski definition) is 6. The van der Waals surface area contributed by atoms with E-state index in [1.165, 1.54) is 0 Å². The summed E-state index contributed by atoms with van der Waals surface area (Å²) in [7, 11) is 1.61. The lowest BCUT2D eigenvalue weighted by Gasteiger charge is -2.27. The van der Waals surface area contributed by atoms with Crippen LogP contribution in [0.3, 0.4) is 0 Å². The Bertz CT molecular complexity index is 830. The number of hydrogen-bond donors (Lipinski definition) is 2. The second-order valence-corrected chi connectivity index (χ2v) is 6.78. The molecule has 0 bridgehead atoms. The van der Waals surface area contributed by atoms with Gasteiger partial charge >= 0.3 is 0 Å². The van der Waals surface area contributed by atoms with Crippen LogP contribution < -0.4 is 15.8 Å². The van der Waals surface area contributed by atoms with E-state index in [9.17, 15) is 4.79 Å². The third-order valence-electron chi connectivity index (χ3n) is 3.94. The highest BCUT2D eigenvalue weighted by atomic mass is 32.2. The number of allylic oxidation sites excluding steroid dienone is 1. The molecule has 0 saturated heterocycles. The smallest absolute Gasteiger partial charge is 0.248 e. The summed E-state index contributed by atoms with van der Waals surface area (Å²) >= 11 is 1.59. The van der Waals surface area contributed by atoms with Crippen molar-refractivity contribution in [3.05, 3.63) is 41.1 Å². The maximum Gasteiger partial charge on any atom is 0.248 e. The van der Waals surface area contributed by atoms with Gasteiger partial charge in [0.05, 0.1) is 12.7 Å². The van der Waals surface area contributed by atoms with E-state index in [0.717, 1.165) is 17.7 Å². The van der Waals surface area contributed by atoms with Gasteiger partial charge in [-0.15, -0.1) is 5.10 Å². The summed E-state index contributed by atoms with van der Waals surface area (Å²) < 4.78 is 7.04. The Morgan fingerprint density at radius 2 is 2.28 bits per heavy atom. The van der Waals surface area contributed by atoms with Gasteiger partial charge in [0.1, 0.15) is 11.8 Å². The monoisotopic (exact) mass is 359 g/mol. The van der Waals surface area contributed by atoms with Gasteiger partial charge in [0.2, 0.25) is 17.0 Å². The predicted octanol–water partition coefficient (Wildman–Crippen LogP) is 2.56. The van der Waals surface area contributed by atoms with E-state index < -0.39 is 11.9 Å². The molecule has 25 heavy (non-hydrogen) atoms. The van der Waals surface area contributed by atoms with Crippen molar-refractivity contribution in [3.63, 3.8) is 0 Å². The number of fused-ring (bicyclic) bond motifs is 1. The van der Waals surface area contributed by atoms with Gasteiger partial charge in [-0.3, -0.25) is 4.79 Å². The lowest BCUT2D eigenvalue weighted by atomic mass is 9.95. The van der Waals surface area contributed by atoms with Crippen LogP contribution in [0.5, 0.6) is 5.75 Å². The van der Waals surface area contributed by atoms with Crippen LogP contribution in [0.2, 0.25) is 0 Å². The molecule has 1 unspecified atom stereocenters. The molecular formula is C17H21N5O2S. The number of nitrogens with one attached hydrogen (secondary N) is 1. The average Bonchev–Trinajstić information content (AvgIpc) is 3.00. The van der Waals surface area contributed by atoms with E-state index in [-0.39, 0.29) is 0 Å². The number of carbonyl (C=O) groups is 1. The molecule has 0 aliphatic carbocycles. The van der Waals surface area contributed by atoms with Gasteiger partial charge in [0, 0.05) is 11.4 Å². The van der Waals surface area contributed by atoms with Crippen molar-refractivity contribution in [3.8, 4) is 5.75 Å². The standard InChI is InChI=1S/C17H21N5O2S/c1-4-8-25-17-20-16-19-10(2)13(15(18)23)14(22(16)21-17)11-6-5-7-12(9-11)24-3/h5-7,9,14H,4,8H2,1-3H3,(H2,18,23)(H,19,20,21). The maximum absolute atomic E-state index is 12.1. The van der Waals surface area contributed by atoms with Crippen LogP contribution in [0.1, 0.15) is 31.9 Å². The van der Waals surface area contributed by atoms with Crippen LogP contribution >= 0.6 is 11.8 Å². The minimum atomic E-state index is -0.485. The molecule has 132 valence electrons. The Morgan fingerprint density at radius 1 is 1.48 bits per heavy atom. The lowest BCUT2D eigenvalue weighted by molar-refractivity contribution is -0.115. The number of nitrogens with zero attached hydrogens (tertiary/aromatic N) is 3. The highest BCUT2D eigenvalue weighted by Crippen LogP contribution is 2.36. The van der Waals surface area contributed by atoms with Gasteiger partial charge in [0.15, 0.2) is 0 Å². The zero-order chi connectivity index (χ0) is 18.0. The van der Waals surface area contributed by atoms with E-state index in [1.807, 2.05) is 31.2 Å². The molecule has 1 aliphatic heterocycles. The number of anilines is 1. The van der Waals surface area contributed by atoms with Crippen LogP contribution in [-0.4, -0.2) is 33.5 Å². The zero-order valence-corrected chi connectivity index (χ0v) is 15.3. The Hall–Kier alpha value is -2.48. The number of nitrogens with two attached hydrogens (primary N) is 1. The number of rotatable bonds is 6. The topological polar surface area (TPSA) is 95.1 Å². The number of benzene rings is 1. The molecule has 1 aromatic heterocycles. The van der Waals surface area contributed by atoms with Crippen molar-refractivity contribution in [2.24, 2.45) is 5.73 Å². The second-order valence-electron chi connectivity index (χ2n) is 5.72. The molecule has 0 saturated carbocycles. The SMILES string of the molecule is CCCSc1nc2n(n1)C(c1cccc(OC)c1)C(C(N)=O)=C(C)N2. The fourth-order valence-electron chi connectivity index (χ4n) is 2.82. The van der Waals surface area contributed by atoms with E-state index in [2.05, 4.69) is 22.3 Å². The van der Waals surface area contributed by atoms with Crippen LogP contribution in [0, 0.1) is 0 Å². The predicted molar refractivity (Wildman–Crippen MR) is 97.7 cm³/mol. The number of methoxy groups -OCH3 is 1. The molecule has 1 amide bonds. The van der Waals surface area contributed by atoms with Crippen molar-refractivity contribution in [1.82, 2.24) is 14.8 Å². The Labute approximate surface area is 150 Å². The summed E-state index contributed by atoms with van der Waals surface area (Å²) in [5, 5.41) is 8.41. The number of aromatic nitrogens is 3. The van der Waals surface area contributed by atoms with Crippen LogP contribution in [-0.2, 0) is 4.79 Å². The first kappa shape index (κ1) is 17.3. The molecule has 3 rings (SSSR count). The van der Waals surface area contributed by atoms with Crippen LogP contribution in [0.15, 0.2) is 40.7 Å². The Morgan fingerprint density at radius 3 is 2.96 bits per heavy atom. The van der Waals surface area contributed by atoms with E-state index in [1.54, 1.807) is 23.6 Å². The molecule has 1 aliphatic rings. The van der Waals surface area contributed by atoms with Crippen LogP contribution in [0.4, 0.5) is 5.95 Å². The van der Waals surface area contributed by atoms with Gasteiger partial charge in [-0.25, -0.2) is 4.68 Å². The molecule has 1 atom stereocenters. The van der Waals surface area contributed by atoms with Crippen molar-refractivity contribution in [2.75, 3.05) is 18.2 Å². The van der Waals surface area contributed by atoms with E-state index in [0.29, 0.717) is 28.1 Å². The average molecular weight is 359 g/mol. The van der Waals surface area contributed by atoms with Gasteiger partial charge in [0.25, 0.3) is 0 Å². The number of ether oxygens (including phenoxy) is 1. The van der Waals surface area contributed by atoms with Crippen molar-refractivity contribution in [2.45, 2.75) is 31.5 Å². The number of thioether (sulfide) groups is 1. The molecule has 1 aromatic carbocycles. The van der Waals surface area contributed by atoms with Gasteiger partial charge < -0.3 is 15.8 Å². The van der Waals surface area contributed by atoms with Gasteiger partial charge in [-0.05, 0) is 31.0 Å². The number of primary amides is 1. The molecule has 2 heterocycles. The maximum atomic E-state index is 12.1. The molecule has 2 aromatic rings. The van der Waals surface area contributed by atoms with Gasteiger partial charge in [-0.1, -0.05) is 30.8 Å². The summed E-state index contributed by atoms with van der Waals surface area (Å²) in [5.74, 6) is 1.76. The Balaban J connectivity index is 2.11. The highest BCUT2D eigenvalue weighted by molar-refractivity contribution is 7.99. The fourth-order valence-corrected chi connectivity index (χ4v) is 3.51. The normalized spacial score (nSPS) is 16.4. The van der Waals surface area contributed by atoms with Gasteiger partial charge in [-0.2, -0.15) is 4.98 Å². The summed E-state index contributed by atoms with van der Waals surface area (Å²) in [4.78, 5) is 16.7. The van der Waals surface area contributed by atoms with Crippen molar-refractivity contribution in [1.29, 1.82) is 0 Å². The lowest BCUT2D eigenvalue weighted by Crippen LogP contribution is -2.31. The van der Waals surface area contributed by atoms with E-state index >= 15 is 0 Å². The second kappa shape index (κ2) is 7.18. The summed E-state index contributed by atoms with van der Waals surface area (Å²) in [5.41, 5.74) is 7.69. The quantitative estimate of drug-likeness (QED) is 0.770. The minimum absolute atomic E-state index is 0.438. The molecular weight excluding hydrogens is 338 g/mol. The summed E-state index contributed by atoms with van der Waals surface area (Å²) in [6.07, 6.45) is 1.03. The van der Waals surface area contributed by atoms with Crippen LogP contribution in [0.25, 0.3) is 0 Å². The molecule has 8 heteroatoms. The molecule has 3 N–H and O–H groups in total. The first-order chi connectivity index (χ1) is 12.0. The summed E-state index contributed by atoms with van der Waals surface area (Å²) in [6.45, 7) is 3.93. The minimum Gasteiger partial charge on any atom is -0.497 e. The molecule has 0 radical (unpaired) electrons. The fraction of sp³-hybridized carbons (Fsp3) is 0.353. The largest absolute Gasteiger partial charge is 0.497 e. The molecule has 0 fully saturated rings. The third-order valence-corrected chi connectivity index (χ3v) is 4.99. The summed E-state index contributed by atoms with van der Waals surface area (Å²) in [6, 6.07) is 7.12. The Kier molecular flexibility index (Phi) is 4.98. The van der Waals surface area contributed by atoms with E-state index in [4.69, 9.17) is 10.5 Å². The highest BCUT2D eigenvalue weighted by Gasteiger charge is 2.33. The molecule has 0 spiro atoms. The first-order valence-electron chi connectivity index (χ1n) is 8.06. The van der Waals surface area contributed by atoms with Crippen molar-refractivity contribution < 1.29 is 9.53 Å².